The first-order chi connectivity index (χ1) is 13.8. The monoisotopic (exact) mass is 399 g/mol. The van der Waals surface area contributed by atoms with Gasteiger partial charge in [0.1, 0.15) is 17.5 Å². The van der Waals surface area contributed by atoms with Gasteiger partial charge in [-0.15, -0.1) is 0 Å². The number of allylic oxidation sites excluding steroid dienone is 1. The Bertz CT molecular complexity index is 1150. The molecule has 0 fully saturated rings. The third-order valence-corrected chi connectivity index (χ3v) is 4.41. The van der Waals surface area contributed by atoms with Crippen LogP contribution >= 0.6 is 0 Å². The third kappa shape index (κ3) is 3.99. The molecule has 0 N–H and O–H groups in total. The summed E-state index contributed by atoms with van der Waals surface area (Å²) in [4.78, 5) is 15.9. The van der Waals surface area contributed by atoms with Gasteiger partial charge in [-0.2, -0.15) is 18.4 Å². The first-order valence-electron chi connectivity index (χ1n) is 8.56. The van der Waals surface area contributed by atoms with Crippen LogP contribution in [-0.2, 0) is 17.5 Å². The number of hydrogen-bond donors (Lipinski definition) is 0. The summed E-state index contributed by atoms with van der Waals surface area (Å²) < 4.78 is 46.6. The molecule has 3 rings (SSSR count). The Kier molecular flexibility index (Phi) is 5.41. The van der Waals surface area contributed by atoms with Gasteiger partial charge >= 0.3 is 6.18 Å². The first kappa shape index (κ1) is 20.1. The summed E-state index contributed by atoms with van der Waals surface area (Å²) >= 11 is 0. The second kappa shape index (κ2) is 7.80. The lowest BCUT2D eigenvalue weighted by molar-refractivity contribution is -0.138. The molecule has 0 saturated heterocycles. The van der Waals surface area contributed by atoms with Crippen LogP contribution in [0.4, 0.5) is 13.2 Å². The number of nitriles is 1. The molecule has 8 heteroatoms. The Morgan fingerprint density at radius 3 is 2.69 bits per heavy atom. The molecule has 0 aliphatic carbocycles. The van der Waals surface area contributed by atoms with E-state index in [2.05, 4.69) is 4.98 Å². The van der Waals surface area contributed by atoms with Crippen LogP contribution in [0, 0.1) is 11.3 Å². The van der Waals surface area contributed by atoms with E-state index in [-0.39, 0.29) is 23.7 Å². The quantitative estimate of drug-likeness (QED) is 0.464. The number of nitrogens with zero attached hydrogens (tertiary/aromatic N) is 3. The van der Waals surface area contributed by atoms with Gasteiger partial charge in [-0.3, -0.25) is 4.79 Å². The van der Waals surface area contributed by atoms with Crippen LogP contribution in [0.15, 0.2) is 48.3 Å². The molecular weight excluding hydrogens is 383 g/mol. The lowest BCUT2D eigenvalue weighted by atomic mass is 10.1. The molecular formula is C21H16F3N3O2. The highest BCUT2D eigenvalue weighted by Gasteiger charge is 2.35. The van der Waals surface area contributed by atoms with Crippen molar-refractivity contribution < 1.29 is 22.7 Å². The number of pyridine rings is 1. The van der Waals surface area contributed by atoms with E-state index in [1.807, 2.05) is 6.07 Å². The van der Waals surface area contributed by atoms with Gasteiger partial charge in [0.2, 0.25) is 0 Å². The number of carbonyl (C=O) groups is 1. The Morgan fingerprint density at radius 1 is 1.31 bits per heavy atom. The van der Waals surface area contributed by atoms with E-state index in [0.29, 0.717) is 22.2 Å². The van der Waals surface area contributed by atoms with Gasteiger partial charge in [0.25, 0.3) is 0 Å². The fraction of sp³-hybridized carbons (Fsp3) is 0.190. The number of rotatable bonds is 5. The molecule has 29 heavy (non-hydrogen) atoms. The summed E-state index contributed by atoms with van der Waals surface area (Å²) in [5.74, 6) is -0.631. The zero-order valence-corrected chi connectivity index (χ0v) is 15.6. The molecule has 148 valence electrons. The molecule has 3 aromatic rings. The largest absolute Gasteiger partial charge is 0.496 e. The molecule has 0 spiro atoms. The number of ether oxygens (including phenoxy) is 1. The fourth-order valence-electron chi connectivity index (χ4n) is 3.11. The minimum Gasteiger partial charge on any atom is -0.496 e. The van der Waals surface area contributed by atoms with Gasteiger partial charge in [0, 0.05) is 28.9 Å². The highest BCUT2D eigenvalue weighted by molar-refractivity contribution is 6.03. The number of methoxy groups -OCH3 is 1. The van der Waals surface area contributed by atoms with E-state index in [4.69, 9.17) is 10.00 Å². The molecule has 1 aromatic carbocycles. The summed E-state index contributed by atoms with van der Waals surface area (Å²) in [7, 11) is 1.19. The number of benzene rings is 1. The number of aromatic nitrogens is 2. The van der Waals surface area contributed by atoms with Crippen molar-refractivity contribution in [2.24, 2.45) is 0 Å². The van der Waals surface area contributed by atoms with E-state index < -0.39 is 11.7 Å². The predicted octanol–water partition coefficient (Wildman–Crippen LogP) is 4.61. The van der Waals surface area contributed by atoms with Crippen molar-refractivity contribution in [2.75, 3.05) is 7.11 Å². The minimum atomic E-state index is -4.55. The number of hydrogen-bond acceptors (Lipinski definition) is 4. The molecule has 0 bridgehead atoms. The second-order valence-electron chi connectivity index (χ2n) is 6.31. The zero-order chi connectivity index (χ0) is 21.2. The molecule has 0 unspecified atom stereocenters. The SMILES string of the molecule is COc1c(Cn2cc(/C=C(\C#N)C(C)=O)c3cccnc32)cccc1C(F)(F)F. The lowest BCUT2D eigenvalue weighted by Crippen LogP contribution is -2.10. The van der Waals surface area contributed by atoms with Crippen molar-refractivity contribution in [1.82, 2.24) is 9.55 Å². The van der Waals surface area contributed by atoms with Gasteiger partial charge < -0.3 is 9.30 Å². The van der Waals surface area contributed by atoms with Crippen molar-refractivity contribution in [3.63, 3.8) is 0 Å². The zero-order valence-electron chi connectivity index (χ0n) is 15.6. The number of para-hydroxylation sites is 1. The van der Waals surface area contributed by atoms with Gasteiger partial charge in [0.15, 0.2) is 5.78 Å². The average Bonchev–Trinajstić information content (AvgIpc) is 3.02. The molecule has 0 atom stereocenters. The van der Waals surface area contributed by atoms with Crippen LogP contribution in [-0.4, -0.2) is 22.4 Å². The van der Waals surface area contributed by atoms with Crippen LogP contribution in [0.1, 0.15) is 23.6 Å². The van der Waals surface area contributed by atoms with Crippen LogP contribution in [0.3, 0.4) is 0 Å². The summed E-state index contributed by atoms with van der Waals surface area (Å²) in [6.45, 7) is 1.36. The van der Waals surface area contributed by atoms with Gasteiger partial charge in [-0.25, -0.2) is 4.98 Å². The number of alkyl halides is 3. The van der Waals surface area contributed by atoms with Gasteiger partial charge in [0.05, 0.1) is 24.8 Å². The molecule has 0 amide bonds. The molecule has 0 aliphatic heterocycles. The molecule has 0 saturated carbocycles. The number of Topliss-reactive ketones (excluding diaryl/α,β-unsaturated/α-hetero) is 1. The lowest BCUT2D eigenvalue weighted by Gasteiger charge is -2.16. The molecule has 0 aliphatic rings. The average molecular weight is 399 g/mol. The standard InChI is InChI=1S/C21H16F3N3O2/c1-13(28)15(10-25)9-16-12-27(20-17(16)6-4-8-26-20)11-14-5-3-7-18(19(14)29-2)21(22,23)24/h3-9,12H,11H2,1-2H3/b15-9+. The second-order valence-corrected chi connectivity index (χ2v) is 6.31. The van der Waals surface area contributed by atoms with E-state index in [1.54, 1.807) is 35.2 Å². The number of halogens is 3. The van der Waals surface area contributed by atoms with Crippen LogP contribution < -0.4 is 4.74 Å². The Hall–Kier alpha value is -3.60. The van der Waals surface area contributed by atoms with Gasteiger partial charge in [-0.05, 0) is 31.2 Å². The summed E-state index contributed by atoms with van der Waals surface area (Å²) in [6, 6.07) is 9.16. The highest BCUT2D eigenvalue weighted by atomic mass is 19.4. The van der Waals surface area contributed by atoms with Crippen molar-refractivity contribution in [2.45, 2.75) is 19.6 Å². The van der Waals surface area contributed by atoms with Crippen molar-refractivity contribution in [3.8, 4) is 11.8 Å². The Balaban J connectivity index is 2.14. The highest BCUT2D eigenvalue weighted by Crippen LogP contribution is 2.38. The summed E-state index contributed by atoms with van der Waals surface area (Å²) in [5, 5.41) is 9.84. The number of ketones is 1. The smallest absolute Gasteiger partial charge is 0.419 e. The maximum absolute atomic E-state index is 13.3. The van der Waals surface area contributed by atoms with E-state index in [0.717, 1.165) is 6.07 Å². The Labute approximate surface area is 164 Å². The fourth-order valence-corrected chi connectivity index (χ4v) is 3.11. The van der Waals surface area contributed by atoms with E-state index in [9.17, 15) is 18.0 Å². The first-order valence-corrected chi connectivity index (χ1v) is 8.56. The molecule has 5 nitrogen and oxygen atoms in total. The van der Waals surface area contributed by atoms with E-state index in [1.165, 1.54) is 26.2 Å². The molecule has 2 aromatic heterocycles. The third-order valence-electron chi connectivity index (χ3n) is 4.41. The predicted molar refractivity (Wildman–Crippen MR) is 101 cm³/mol. The van der Waals surface area contributed by atoms with Crippen LogP contribution in [0.2, 0.25) is 0 Å². The van der Waals surface area contributed by atoms with Crippen molar-refractivity contribution in [1.29, 1.82) is 5.26 Å². The minimum absolute atomic E-state index is 0.0236. The summed E-state index contributed by atoms with van der Waals surface area (Å²) in [5.41, 5.74) is 0.535. The molecule has 2 heterocycles. The summed E-state index contributed by atoms with van der Waals surface area (Å²) in [6.07, 6.45) is 0.116. The normalized spacial score (nSPS) is 12.1. The van der Waals surface area contributed by atoms with E-state index >= 15 is 0 Å². The van der Waals surface area contributed by atoms with Crippen molar-refractivity contribution in [3.05, 3.63) is 65.0 Å². The van der Waals surface area contributed by atoms with Crippen molar-refractivity contribution >= 4 is 22.9 Å². The van der Waals surface area contributed by atoms with Crippen LogP contribution in [0.25, 0.3) is 17.1 Å². The number of fused-ring (bicyclic) bond motifs is 1. The topological polar surface area (TPSA) is 67.9 Å². The maximum Gasteiger partial charge on any atom is 0.419 e. The maximum atomic E-state index is 13.3. The Morgan fingerprint density at radius 2 is 2.07 bits per heavy atom. The van der Waals surface area contributed by atoms with Crippen LogP contribution in [0.5, 0.6) is 5.75 Å². The molecule has 0 radical (unpaired) electrons. The number of carbonyl (C=O) groups excluding carboxylic acids is 1. The van der Waals surface area contributed by atoms with Gasteiger partial charge in [-0.1, -0.05) is 12.1 Å².